The summed E-state index contributed by atoms with van der Waals surface area (Å²) in [5.41, 5.74) is 7.15. The Morgan fingerprint density at radius 1 is 0.562 bits per heavy atom. The fourth-order valence-electron chi connectivity index (χ4n) is 4.13. The van der Waals surface area contributed by atoms with Gasteiger partial charge >= 0.3 is 0 Å². The summed E-state index contributed by atoms with van der Waals surface area (Å²) in [4.78, 5) is 4.95. The number of hydrogen-bond donors (Lipinski definition) is 0. The van der Waals surface area contributed by atoms with E-state index in [1.54, 1.807) is 14.2 Å². The summed E-state index contributed by atoms with van der Waals surface area (Å²) in [5, 5.41) is 1.08. The highest BCUT2D eigenvalue weighted by Gasteiger charge is 2.14. The Labute approximate surface area is 187 Å². The molecule has 0 radical (unpaired) electrons. The van der Waals surface area contributed by atoms with Crippen molar-refractivity contribution in [2.45, 2.75) is 0 Å². The largest absolute Gasteiger partial charge is 0.496 e. The van der Waals surface area contributed by atoms with Crippen LogP contribution in [0.4, 0.5) is 0 Å². The van der Waals surface area contributed by atoms with Crippen molar-refractivity contribution in [2.75, 3.05) is 14.2 Å². The summed E-state index contributed by atoms with van der Waals surface area (Å²) < 4.78 is 11.4. The molecule has 0 aliphatic heterocycles. The fraction of sp³-hybridized carbons (Fsp3) is 0.0690. The lowest BCUT2D eigenvalue weighted by atomic mass is 9.98. The highest BCUT2D eigenvalue weighted by atomic mass is 16.5. The molecular weight excluding hydrogens is 394 g/mol. The highest BCUT2D eigenvalue weighted by Crippen LogP contribution is 2.39. The van der Waals surface area contributed by atoms with E-state index in [2.05, 4.69) is 66.7 Å². The van der Waals surface area contributed by atoms with Crippen LogP contribution in [0.3, 0.4) is 0 Å². The molecule has 0 spiro atoms. The molecule has 0 N–H and O–H groups in total. The lowest BCUT2D eigenvalue weighted by molar-refractivity contribution is 0.416. The number of ether oxygens (including phenoxy) is 2. The third-order valence-electron chi connectivity index (χ3n) is 5.69. The minimum atomic E-state index is 0.830. The smallest absolute Gasteiger partial charge is 0.136 e. The van der Waals surface area contributed by atoms with Gasteiger partial charge in [-0.2, -0.15) is 0 Å². The maximum absolute atomic E-state index is 5.85. The number of hydrogen-bond acceptors (Lipinski definition) is 3. The Hall–Kier alpha value is -4.11. The SMILES string of the molecule is COc1ccccc1-c1ccc2nc(-c3cccc(-c4ccccc4)c3OC)ccc2c1. The summed E-state index contributed by atoms with van der Waals surface area (Å²) in [6, 6.07) is 35.0. The number of pyridine rings is 1. The predicted octanol–water partition coefficient (Wildman–Crippen LogP) is 7.25. The molecule has 3 nitrogen and oxygen atoms in total. The molecule has 0 aliphatic carbocycles. The molecule has 4 aromatic carbocycles. The molecule has 32 heavy (non-hydrogen) atoms. The molecule has 1 aromatic heterocycles. The van der Waals surface area contributed by atoms with E-state index in [4.69, 9.17) is 14.5 Å². The maximum Gasteiger partial charge on any atom is 0.136 e. The summed E-state index contributed by atoms with van der Waals surface area (Å²) in [6.07, 6.45) is 0. The molecule has 0 aliphatic rings. The third-order valence-corrected chi connectivity index (χ3v) is 5.69. The molecule has 0 bridgehead atoms. The molecule has 0 atom stereocenters. The van der Waals surface area contributed by atoms with Crippen LogP contribution in [0.15, 0.2) is 103 Å². The van der Waals surface area contributed by atoms with Gasteiger partial charge in [-0.05, 0) is 41.5 Å². The van der Waals surface area contributed by atoms with E-state index < -0.39 is 0 Å². The van der Waals surface area contributed by atoms with E-state index in [1.165, 1.54) is 0 Å². The molecule has 0 saturated carbocycles. The van der Waals surface area contributed by atoms with Crippen LogP contribution in [0.25, 0.3) is 44.4 Å². The van der Waals surface area contributed by atoms with Crippen molar-refractivity contribution in [1.29, 1.82) is 0 Å². The predicted molar refractivity (Wildman–Crippen MR) is 131 cm³/mol. The van der Waals surface area contributed by atoms with E-state index in [1.807, 2.05) is 36.4 Å². The van der Waals surface area contributed by atoms with Crippen LogP contribution in [0, 0.1) is 0 Å². The van der Waals surface area contributed by atoms with Crippen molar-refractivity contribution in [3.63, 3.8) is 0 Å². The highest BCUT2D eigenvalue weighted by molar-refractivity contribution is 5.89. The average Bonchev–Trinajstić information content (AvgIpc) is 2.88. The van der Waals surface area contributed by atoms with Gasteiger partial charge in [0.05, 0.1) is 25.4 Å². The lowest BCUT2D eigenvalue weighted by Crippen LogP contribution is -1.94. The first-order chi connectivity index (χ1) is 15.8. The van der Waals surface area contributed by atoms with Crippen LogP contribution in [-0.4, -0.2) is 19.2 Å². The maximum atomic E-state index is 5.85. The molecule has 5 rings (SSSR count). The second-order valence-corrected chi connectivity index (χ2v) is 7.56. The second-order valence-electron chi connectivity index (χ2n) is 7.56. The van der Waals surface area contributed by atoms with Gasteiger partial charge in [-0.25, -0.2) is 4.98 Å². The molecule has 5 aromatic rings. The van der Waals surface area contributed by atoms with Crippen LogP contribution in [-0.2, 0) is 0 Å². The first-order valence-corrected chi connectivity index (χ1v) is 10.6. The lowest BCUT2D eigenvalue weighted by Gasteiger charge is -2.14. The monoisotopic (exact) mass is 417 g/mol. The van der Waals surface area contributed by atoms with Crippen LogP contribution in [0.1, 0.15) is 0 Å². The summed E-state index contributed by atoms with van der Waals surface area (Å²) >= 11 is 0. The Kier molecular flexibility index (Phi) is 5.30. The van der Waals surface area contributed by atoms with E-state index in [9.17, 15) is 0 Å². The molecule has 3 heteroatoms. The summed E-state index contributed by atoms with van der Waals surface area (Å²) in [6.45, 7) is 0. The number of nitrogens with zero attached hydrogens (tertiary/aromatic N) is 1. The fourth-order valence-corrected chi connectivity index (χ4v) is 4.13. The minimum Gasteiger partial charge on any atom is -0.496 e. The minimum absolute atomic E-state index is 0.830. The number of methoxy groups -OCH3 is 2. The Bertz CT molecular complexity index is 1390. The average molecular weight is 418 g/mol. The number of rotatable bonds is 5. The Balaban J connectivity index is 1.59. The molecule has 0 unspecified atom stereocenters. The van der Waals surface area contributed by atoms with Gasteiger partial charge in [0.1, 0.15) is 11.5 Å². The topological polar surface area (TPSA) is 31.4 Å². The zero-order chi connectivity index (χ0) is 21.9. The molecule has 0 saturated heterocycles. The van der Waals surface area contributed by atoms with Gasteiger partial charge in [0.25, 0.3) is 0 Å². The van der Waals surface area contributed by atoms with Crippen LogP contribution < -0.4 is 9.47 Å². The molecule has 156 valence electrons. The van der Waals surface area contributed by atoms with Crippen LogP contribution in [0.2, 0.25) is 0 Å². The Morgan fingerprint density at radius 2 is 1.31 bits per heavy atom. The summed E-state index contributed by atoms with van der Waals surface area (Å²) in [5.74, 6) is 1.69. The van der Waals surface area contributed by atoms with Crippen LogP contribution in [0.5, 0.6) is 11.5 Å². The van der Waals surface area contributed by atoms with Gasteiger partial charge < -0.3 is 9.47 Å². The number of fused-ring (bicyclic) bond motifs is 1. The van der Waals surface area contributed by atoms with Crippen LogP contribution >= 0.6 is 0 Å². The molecular formula is C29H23NO2. The zero-order valence-electron chi connectivity index (χ0n) is 18.1. The van der Waals surface area contributed by atoms with Gasteiger partial charge in [0.2, 0.25) is 0 Å². The van der Waals surface area contributed by atoms with E-state index in [0.717, 1.165) is 55.9 Å². The molecule has 0 amide bonds. The third kappa shape index (κ3) is 3.58. The van der Waals surface area contributed by atoms with E-state index >= 15 is 0 Å². The van der Waals surface area contributed by atoms with Gasteiger partial charge in [-0.15, -0.1) is 0 Å². The number of aromatic nitrogens is 1. The van der Waals surface area contributed by atoms with Gasteiger partial charge in [0.15, 0.2) is 0 Å². The van der Waals surface area contributed by atoms with Gasteiger partial charge in [-0.3, -0.25) is 0 Å². The van der Waals surface area contributed by atoms with Gasteiger partial charge in [-0.1, -0.05) is 72.8 Å². The van der Waals surface area contributed by atoms with Crippen molar-refractivity contribution in [3.8, 4) is 45.0 Å². The van der Waals surface area contributed by atoms with Crippen molar-refractivity contribution < 1.29 is 9.47 Å². The quantitative estimate of drug-likeness (QED) is 0.302. The van der Waals surface area contributed by atoms with Crippen molar-refractivity contribution >= 4 is 10.9 Å². The van der Waals surface area contributed by atoms with Crippen molar-refractivity contribution in [1.82, 2.24) is 4.98 Å². The normalized spacial score (nSPS) is 10.8. The number of benzene rings is 4. The zero-order valence-corrected chi connectivity index (χ0v) is 18.1. The Morgan fingerprint density at radius 3 is 2.12 bits per heavy atom. The molecule has 1 heterocycles. The number of para-hydroxylation sites is 2. The van der Waals surface area contributed by atoms with Crippen molar-refractivity contribution in [2.24, 2.45) is 0 Å². The standard InChI is InChI=1S/C29H23NO2/c1-31-28-14-7-6-11-23(28)21-15-17-26-22(19-21)16-18-27(30-26)25-13-8-12-24(29(25)32-2)20-9-4-3-5-10-20/h3-19H,1-2H3. The van der Waals surface area contributed by atoms with E-state index in [0.29, 0.717) is 0 Å². The van der Waals surface area contributed by atoms with Crippen molar-refractivity contribution in [3.05, 3.63) is 103 Å². The second kappa shape index (κ2) is 8.56. The first kappa shape index (κ1) is 19.8. The van der Waals surface area contributed by atoms with Gasteiger partial charge in [0, 0.05) is 22.1 Å². The van der Waals surface area contributed by atoms with E-state index in [-0.39, 0.29) is 0 Å². The summed E-state index contributed by atoms with van der Waals surface area (Å²) in [7, 11) is 3.41. The molecule has 0 fully saturated rings. The first-order valence-electron chi connectivity index (χ1n) is 10.6.